The monoisotopic (exact) mass is 794 g/mol. The average molecular weight is 795 g/mol. The quantitative estimate of drug-likeness (QED) is 0.107. The van der Waals surface area contributed by atoms with Gasteiger partial charge in [0.2, 0.25) is 0 Å². The van der Waals surface area contributed by atoms with E-state index in [2.05, 4.69) is 231 Å². The second-order valence-corrected chi connectivity index (χ2v) is 20.7. The molecule has 0 bridgehead atoms. The number of para-hydroxylation sites is 3. The molecule has 2 aromatic heterocycles. The smallest absolute Gasteiger partial charge is 0.179 e. The number of anilines is 3. The van der Waals surface area contributed by atoms with Gasteiger partial charge in [-0.05, 0) is 103 Å². The largest absolute Gasteiger partial charge is 0.355 e. The van der Waals surface area contributed by atoms with E-state index in [1.165, 1.54) is 70.8 Å². The number of rotatable bonds is 9. The molecule has 0 spiro atoms. The van der Waals surface area contributed by atoms with E-state index in [9.17, 15) is 0 Å². The van der Waals surface area contributed by atoms with Gasteiger partial charge in [0.15, 0.2) is 8.07 Å². The molecule has 1 aliphatic rings. The molecule has 5 heteroatoms. The number of fused-ring (bicyclic) bond motifs is 4. The molecule has 4 nitrogen and oxygen atoms in total. The van der Waals surface area contributed by atoms with Gasteiger partial charge < -0.3 is 9.80 Å². The minimum absolute atomic E-state index is 0.389. The van der Waals surface area contributed by atoms with Crippen LogP contribution in [0.3, 0.4) is 0 Å². The molecule has 3 heterocycles. The maximum atomic E-state index is 5.17. The Morgan fingerprint density at radius 2 is 1.08 bits per heavy atom. The zero-order valence-electron chi connectivity index (χ0n) is 35.0. The highest BCUT2D eigenvalue weighted by Gasteiger charge is 2.42. The van der Waals surface area contributed by atoms with E-state index in [4.69, 9.17) is 4.98 Å². The number of hydrogen-bond acceptors (Lipinski definition) is 3. The molecule has 10 rings (SSSR count). The molecule has 0 aliphatic carbocycles. The van der Waals surface area contributed by atoms with Crippen LogP contribution in [0.2, 0.25) is 0 Å². The van der Waals surface area contributed by atoms with Gasteiger partial charge in [-0.15, -0.1) is 0 Å². The molecule has 0 unspecified atom stereocenters. The summed E-state index contributed by atoms with van der Waals surface area (Å²) in [7, 11) is -0.777. The summed E-state index contributed by atoms with van der Waals surface area (Å²) in [5.41, 5.74) is 11.3. The number of nitrogens with zero attached hydrogens (tertiary/aromatic N) is 4. The first-order valence-corrected chi connectivity index (χ1v) is 23.3. The van der Waals surface area contributed by atoms with Crippen LogP contribution < -0.4 is 30.5 Å². The Bertz CT molecular complexity index is 2940. The van der Waals surface area contributed by atoms with Crippen LogP contribution >= 0.6 is 0 Å². The standard InChI is InChI=1S/C55H50N4Si/c1-38(2)46-25-17-26-47(39(3)4)55(46)40-32-33-56-54(34-40)59-50-27-13-12-24-48(50)49-31-30-45(36-53(49)59)60(42-19-8-6-9-20-42,43-21-10-7-11-22-43)44-23-16-18-41(35-44)58-37-57(5)51-28-14-15-29-52(51)58/h6-36,38-39H,37H2,1-5H3. The lowest BCUT2D eigenvalue weighted by Gasteiger charge is -2.35. The molecular formula is C55H50N4Si. The van der Waals surface area contributed by atoms with Crippen molar-refractivity contribution in [3.8, 4) is 16.9 Å². The molecule has 0 fully saturated rings. The van der Waals surface area contributed by atoms with E-state index in [0.717, 1.165) is 23.5 Å². The van der Waals surface area contributed by atoms with Crippen molar-refractivity contribution in [2.75, 3.05) is 23.5 Å². The SMILES string of the molecule is CC(C)c1cccc(C(C)C)c1-c1ccnc(-n2c3ccccc3c3ccc([Si](c4ccccc4)(c4ccccc4)c4cccc(N5CN(C)c6ccccc65)c4)cc32)c1. The first kappa shape index (κ1) is 37.6. The van der Waals surface area contributed by atoms with Crippen LogP contribution in [-0.4, -0.2) is 31.3 Å². The van der Waals surface area contributed by atoms with Gasteiger partial charge in [0.25, 0.3) is 0 Å². The van der Waals surface area contributed by atoms with Gasteiger partial charge in [0.1, 0.15) is 5.82 Å². The summed E-state index contributed by atoms with van der Waals surface area (Å²) in [5, 5.41) is 7.82. The van der Waals surface area contributed by atoms with E-state index in [1.807, 2.05) is 6.20 Å². The van der Waals surface area contributed by atoms with E-state index >= 15 is 0 Å². The molecule has 1 aliphatic heterocycles. The van der Waals surface area contributed by atoms with Crippen LogP contribution in [0.25, 0.3) is 38.8 Å². The fourth-order valence-corrected chi connectivity index (χ4v) is 14.7. The number of aromatic nitrogens is 2. The molecule has 294 valence electrons. The third kappa shape index (κ3) is 6.07. The summed E-state index contributed by atoms with van der Waals surface area (Å²) in [6.45, 7) is 9.99. The molecule has 0 N–H and O–H groups in total. The Morgan fingerprint density at radius 3 is 1.78 bits per heavy atom. The van der Waals surface area contributed by atoms with Crippen LogP contribution in [0.5, 0.6) is 0 Å². The van der Waals surface area contributed by atoms with Gasteiger partial charge in [-0.25, -0.2) is 4.98 Å². The minimum atomic E-state index is -2.96. The van der Waals surface area contributed by atoms with Crippen molar-refractivity contribution in [2.24, 2.45) is 0 Å². The van der Waals surface area contributed by atoms with Crippen LogP contribution in [0, 0.1) is 0 Å². The molecule has 0 atom stereocenters. The molecular weight excluding hydrogens is 745 g/mol. The summed E-state index contributed by atoms with van der Waals surface area (Å²) in [6, 6.07) is 68.1. The van der Waals surface area contributed by atoms with E-state index in [1.54, 1.807) is 0 Å². The van der Waals surface area contributed by atoms with Crippen molar-refractivity contribution >= 4 is 67.7 Å². The maximum absolute atomic E-state index is 5.17. The lowest BCUT2D eigenvalue weighted by molar-refractivity contribution is 0.838. The highest BCUT2D eigenvalue weighted by Crippen LogP contribution is 2.40. The van der Waals surface area contributed by atoms with E-state index in [-0.39, 0.29) is 0 Å². The van der Waals surface area contributed by atoms with Crippen molar-refractivity contribution < 1.29 is 0 Å². The lowest BCUT2D eigenvalue weighted by Crippen LogP contribution is -2.74. The van der Waals surface area contributed by atoms with Gasteiger partial charge >= 0.3 is 0 Å². The predicted octanol–water partition coefficient (Wildman–Crippen LogP) is 11.0. The van der Waals surface area contributed by atoms with Crippen molar-refractivity contribution in [1.29, 1.82) is 0 Å². The molecule has 7 aromatic carbocycles. The third-order valence-electron chi connectivity index (χ3n) is 12.7. The summed E-state index contributed by atoms with van der Waals surface area (Å²) < 4.78 is 2.41. The Balaban J connectivity index is 1.24. The summed E-state index contributed by atoms with van der Waals surface area (Å²) >= 11 is 0. The second kappa shape index (κ2) is 15.2. The highest BCUT2D eigenvalue weighted by atomic mass is 28.3. The van der Waals surface area contributed by atoms with E-state index in [0.29, 0.717) is 11.8 Å². The third-order valence-corrected chi connectivity index (χ3v) is 17.4. The second-order valence-electron chi connectivity index (χ2n) is 16.9. The molecule has 0 amide bonds. The first-order chi connectivity index (χ1) is 29.3. The molecule has 0 radical (unpaired) electrons. The zero-order chi connectivity index (χ0) is 41.0. The van der Waals surface area contributed by atoms with E-state index < -0.39 is 8.07 Å². The Hall–Kier alpha value is -6.69. The maximum Gasteiger partial charge on any atom is 0.179 e. The topological polar surface area (TPSA) is 24.3 Å². The Kier molecular flexibility index (Phi) is 9.49. The van der Waals surface area contributed by atoms with Crippen LogP contribution in [0.15, 0.2) is 188 Å². The molecule has 0 saturated heterocycles. The average Bonchev–Trinajstić information content (AvgIpc) is 3.81. The van der Waals surface area contributed by atoms with Crippen molar-refractivity contribution in [3.05, 3.63) is 199 Å². The Labute approximate surface area is 355 Å². The molecule has 0 saturated carbocycles. The summed E-state index contributed by atoms with van der Waals surface area (Å²) in [5.74, 6) is 1.70. The summed E-state index contributed by atoms with van der Waals surface area (Å²) in [4.78, 5) is 9.96. The van der Waals surface area contributed by atoms with Gasteiger partial charge in [-0.3, -0.25) is 4.57 Å². The summed E-state index contributed by atoms with van der Waals surface area (Å²) in [6.07, 6.45) is 2.00. The lowest BCUT2D eigenvalue weighted by atomic mass is 9.85. The minimum Gasteiger partial charge on any atom is -0.355 e. The fourth-order valence-electron chi connectivity index (χ4n) is 9.91. The number of pyridine rings is 1. The first-order valence-electron chi connectivity index (χ1n) is 21.3. The predicted molar refractivity (Wildman–Crippen MR) is 258 cm³/mol. The fraction of sp³-hybridized carbons (Fsp3) is 0.145. The van der Waals surface area contributed by atoms with Crippen molar-refractivity contribution in [2.45, 2.75) is 39.5 Å². The zero-order valence-corrected chi connectivity index (χ0v) is 36.0. The van der Waals surface area contributed by atoms with Gasteiger partial charge in [0, 0.05) is 29.7 Å². The normalized spacial score (nSPS) is 12.9. The van der Waals surface area contributed by atoms with Crippen molar-refractivity contribution in [1.82, 2.24) is 9.55 Å². The van der Waals surface area contributed by atoms with Crippen LogP contribution in [0.4, 0.5) is 17.1 Å². The van der Waals surface area contributed by atoms with Crippen LogP contribution in [-0.2, 0) is 0 Å². The molecule has 9 aromatic rings. The van der Waals surface area contributed by atoms with Gasteiger partial charge in [-0.1, -0.05) is 161 Å². The van der Waals surface area contributed by atoms with Crippen molar-refractivity contribution in [3.63, 3.8) is 0 Å². The Morgan fingerprint density at radius 1 is 0.500 bits per heavy atom. The number of benzene rings is 7. The molecule has 60 heavy (non-hydrogen) atoms. The van der Waals surface area contributed by atoms with Gasteiger partial charge in [-0.2, -0.15) is 0 Å². The van der Waals surface area contributed by atoms with Crippen LogP contribution in [0.1, 0.15) is 50.7 Å². The highest BCUT2D eigenvalue weighted by molar-refractivity contribution is 7.20. The van der Waals surface area contributed by atoms with Gasteiger partial charge in [0.05, 0.1) is 29.1 Å². The number of hydrogen-bond donors (Lipinski definition) is 0.